The average molecular weight is 351 g/mol. The van der Waals surface area contributed by atoms with E-state index in [4.69, 9.17) is 23.2 Å². The Balaban J connectivity index is 1.77. The number of hydrogen-bond donors (Lipinski definition) is 2. The lowest BCUT2D eigenvalue weighted by atomic mass is 10.1. The third-order valence-corrected chi connectivity index (χ3v) is 4.16. The maximum Gasteiger partial charge on any atom is 0.239 e. The summed E-state index contributed by atoms with van der Waals surface area (Å²) in [5.41, 5.74) is 3.18. The summed E-state index contributed by atoms with van der Waals surface area (Å²) in [6.45, 7) is 2.89. The summed E-state index contributed by atoms with van der Waals surface area (Å²) in [6.07, 6.45) is 1.60. The molecule has 0 radical (unpaired) electrons. The largest absolute Gasteiger partial charge is 0.376 e. The van der Waals surface area contributed by atoms with Crippen molar-refractivity contribution in [1.82, 2.24) is 5.32 Å². The minimum absolute atomic E-state index is 0.0407. The summed E-state index contributed by atoms with van der Waals surface area (Å²) in [6, 6.07) is 13.4. The van der Waals surface area contributed by atoms with Gasteiger partial charge < -0.3 is 10.6 Å². The van der Waals surface area contributed by atoms with Crippen molar-refractivity contribution in [3.05, 3.63) is 63.6 Å². The first-order valence-electron chi connectivity index (χ1n) is 7.62. The molecule has 2 N–H and O–H groups in total. The number of aryl methyl sites for hydroxylation is 1. The van der Waals surface area contributed by atoms with Crippen molar-refractivity contribution in [2.75, 3.05) is 18.4 Å². The fourth-order valence-corrected chi connectivity index (χ4v) is 2.80. The van der Waals surface area contributed by atoms with Crippen LogP contribution in [0.3, 0.4) is 0 Å². The molecule has 1 amide bonds. The highest BCUT2D eigenvalue weighted by Crippen LogP contribution is 2.21. The van der Waals surface area contributed by atoms with Gasteiger partial charge in [-0.2, -0.15) is 0 Å². The highest BCUT2D eigenvalue weighted by Gasteiger charge is 2.05. The number of carbonyl (C=O) groups is 1. The minimum Gasteiger partial charge on any atom is -0.376 e. The van der Waals surface area contributed by atoms with Gasteiger partial charge in [-0.15, -0.1) is 0 Å². The van der Waals surface area contributed by atoms with Gasteiger partial charge in [-0.1, -0.05) is 54.4 Å². The van der Waals surface area contributed by atoms with Crippen molar-refractivity contribution in [2.45, 2.75) is 19.8 Å². The average Bonchev–Trinajstić information content (AvgIpc) is 2.55. The van der Waals surface area contributed by atoms with E-state index in [0.29, 0.717) is 23.0 Å². The topological polar surface area (TPSA) is 41.1 Å². The number of anilines is 1. The first-order valence-corrected chi connectivity index (χ1v) is 8.38. The Hall–Kier alpha value is -1.71. The Kier molecular flexibility index (Phi) is 6.75. The third-order valence-electron chi connectivity index (χ3n) is 3.57. The Morgan fingerprint density at radius 3 is 2.61 bits per heavy atom. The van der Waals surface area contributed by atoms with Crippen LogP contribution in [-0.4, -0.2) is 19.0 Å². The number of nitrogens with one attached hydrogen (secondary N) is 2. The highest BCUT2D eigenvalue weighted by molar-refractivity contribution is 6.35. The van der Waals surface area contributed by atoms with Crippen LogP contribution in [0, 0.1) is 0 Å². The molecule has 5 heteroatoms. The summed E-state index contributed by atoms with van der Waals surface area (Å²) in [7, 11) is 0. The number of amides is 1. The second-order valence-electron chi connectivity index (χ2n) is 5.20. The van der Waals surface area contributed by atoms with Gasteiger partial charge in [0.2, 0.25) is 5.91 Å². The van der Waals surface area contributed by atoms with E-state index >= 15 is 0 Å². The van der Waals surface area contributed by atoms with Crippen molar-refractivity contribution in [1.29, 1.82) is 0 Å². The molecule has 0 bridgehead atoms. The van der Waals surface area contributed by atoms with E-state index in [0.717, 1.165) is 17.7 Å². The quantitative estimate of drug-likeness (QED) is 0.780. The molecule has 0 saturated carbocycles. The maximum absolute atomic E-state index is 11.9. The van der Waals surface area contributed by atoms with Gasteiger partial charge in [0.15, 0.2) is 0 Å². The molecule has 23 heavy (non-hydrogen) atoms. The molecule has 0 spiro atoms. The Morgan fingerprint density at radius 1 is 1.09 bits per heavy atom. The molecule has 0 fully saturated rings. The summed E-state index contributed by atoms with van der Waals surface area (Å²) >= 11 is 12.0. The first kappa shape index (κ1) is 17.6. The molecule has 0 saturated heterocycles. The fraction of sp³-hybridized carbons (Fsp3) is 0.278. The molecule has 2 rings (SSSR count). The fourth-order valence-electron chi connectivity index (χ4n) is 2.30. The summed E-state index contributed by atoms with van der Waals surface area (Å²) in [4.78, 5) is 11.9. The second-order valence-corrected chi connectivity index (χ2v) is 6.04. The van der Waals surface area contributed by atoms with Gasteiger partial charge in [-0.25, -0.2) is 0 Å². The molecule has 0 aliphatic carbocycles. The summed E-state index contributed by atoms with van der Waals surface area (Å²) < 4.78 is 0. The predicted octanol–water partition coefficient (Wildman–Crippen LogP) is 4.33. The van der Waals surface area contributed by atoms with E-state index in [1.807, 2.05) is 24.3 Å². The number of carbonyl (C=O) groups excluding carboxylic acids is 1. The number of halogens is 2. The zero-order chi connectivity index (χ0) is 16.7. The van der Waals surface area contributed by atoms with Crippen LogP contribution in [0.5, 0.6) is 0 Å². The molecular formula is C18H20Cl2N2O. The summed E-state index contributed by atoms with van der Waals surface area (Å²) in [5, 5.41) is 7.30. The molecule has 0 unspecified atom stereocenters. The molecule has 3 nitrogen and oxygen atoms in total. The lowest BCUT2D eigenvalue weighted by Gasteiger charge is -2.11. The van der Waals surface area contributed by atoms with Crippen LogP contribution in [0.4, 0.5) is 5.69 Å². The monoisotopic (exact) mass is 350 g/mol. The van der Waals surface area contributed by atoms with E-state index in [-0.39, 0.29) is 12.5 Å². The Morgan fingerprint density at radius 2 is 1.87 bits per heavy atom. The van der Waals surface area contributed by atoms with Crippen LogP contribution in [0.2, 0.25) is 10.0 Å². The maximum atomic E-state index is 11.9. The predicted molar refractivity (Wildman–Crippen MR) is 97.5 cm³/mol. The van der Waals surface area contributed by atoms with Crippen LogP contribution in [0.25, 0.3) is 0 Å². The minimum atomic E-state index is -0.0407. The van der Waals surface area contributed by atoms with Gasteiger partial charge in [-0.3, -0.25) is 4.79 Å². The van der Waals surface area contributed by atoms with Gasteiger partial charge in [-0.05, 0) is 42.2 Å². The molecule has 0 atom stereocenters. The van der Waals surface area contributed by atoms with Crippen molar-refractivity contribution >= 4 is 34.8 Å². The second kappa shape index (κ2) is 8.80. The van der Waals surface area contributed by atoms with E-state index in [9.17, 15) is 4.79 Å². The van der Waals surface area contributed by atoms with Crippen molar-refractivity contribution in [3.63, 3.8) is 0 Å². The Bertz CT molecular complexity index is 674. The Labute approximate surface area is 147 Å². The number of para-hydroxylation sites is 1. The lowest BCUT2D eigenvalue weighted by molar-refractivity contribution is -0.119. The van der Waals surface area contributed by atoms with Gasteiger partial charge >= 0.3 is 0 Å². The lowest BCUT2D eigenvalue weighted by Crippen LogP contribution is -2.31. The van der Waals surface area contributed by atoms with E-state index in [1.54, 1.807) is 12.1 Å². The third kappa shape index (κ3) is 5.45. The van der Waals surface area contributed by atoms with Crippen LogP contribution in [0.15, 0.2) is 42.5 Å². The molecule has 0 aromatic heterocycles. The van der Waals surface area contributed by atoms with Crippen LogP contribution in [-0.2, 0) is 17.6 Å². The number of hydrogen-bond acceptors (Lipinski definition) is 2. The molecule has 0 aliphatic heterocycles. The zero-order valence-electron chi connectivity index (χ0n) is 13.0. The van der Waals surface area contributed by atoms with Crippen molar-refractivity contribution in [3.8, 4) is 0 Å². The van der Waals surface area contributed by atoms with Crippen LogP contribution in [0.1, 0.15) is 18.1 Å². The zero-order valence-corrected chi connectivity index (χ0v) is 14.5. The van der Waals surface area contributed by atoms with Gasteiger partial charge in [0.05, 0.1) is 6.54 Å². The van der Waals surface area contributed by atoms with Crippen molar-refractivity contribution in [2.24, 2.45) is 0 Å². The standard InChI is InChI=1S/C18H20Cl2N2O/c1-2-13-5-3-4-6-17(13)22-12-18(23)21-10-9-14-7-8-15(19)11-16(14)20/h3-8,11,22H,2,9-10,12H2,1H3,(H,21,23). The molecule has 0 aliphatic rings. The van der Waals surface area contributed by atoms with Gasteiger partial charge in [0, 0.05) is 22.3 Å². The van der Waals surface area contributed by atoms with Crippen LogP contribution < -0.4 is 10.6 Å². The summed E-state index contributed by atoms with van der Waals surface area (Å²) in [5.74, 6) is -0.0407. The van der Waals surface area contributed by atoms with Crippen LogP contribution >= 0.6 is 23.2 Å². The van der Waals surface area contributed by atoms with Gasteiger partial charge in [0.1, 0.15) is 0 Å². The highest BCUT2D eigenvalue weighted by atomic mass is 35.5. The number of rotatable bonds is 7. The van der Waals surface area contributed by atoms with Gasteiger partial charge in [0.25, 0.3) is 0 Å². The van der Waals surface area contributed by atoms with E-state index in [1.165, 1.54) is 5.56 Å². The van der Waals surface area contributed by atoms with Crippen molar-refractivity contribution < 1.29 is 4.79 Å². The smallest absolute Gasteiger partial charge is 0.239 e. The first-order chi connectivity index (χ1) is 11.1. The normalized spacial score (nSPS) is 10.4. The molecule has 0 heterocycles. The number of benzene rings is 2. The molecule has 2 aromatic rings. The SMILES string of the molecule is CCc1ccccc1NCC(=O)NCCc1ccc(Cl)cc1Cl. The molecule has 122 valence electrons. The molecule has 2 aromatic carbocycles. The van der Waals surface area contributed by atoms with E-state index in [2.05, 4.69) is 23.6 Å². The molecular weight excluding hydrogens is 331 g/mol. The van der Waals surface area contributed by atoms with E-state index < -0.39 is 0 Å².